The minimum absolute atomic E-state index is 0.0138. The van der Waals surface area contributed by atoms with E-state index in [1.165, 1.54) is 6.07 Å². The number of likely N-dealkylation sites (tertiary alicyclic amines) is 1. The number of amides is 1. The van der Waals surface area contributed by atoms with E-state index < -0.39 is 19.0 Å². The highest BCUT2D eigenvalue weighted by atomic mass is 16.5. The molecule has 0 aromatic heterocycles. The first-order chi connectivity index (χ1) is 15.3. The predicted octanol–water partition coefficient (Wildman–Crippen LogP) is 0.124. The maximum absolute atomic E-state index is 12.6. The zero-order valence-electron chi connectivity index (χ0n) is 19.0. The monoisotopic (exact) mass is 446 g/mol. The molecule has 0 radical (unpaired) electrons. The van der Waals surface area contributed by atoms with Crippen molar-refractivity contribution >= 4 is 19.0 Å². The predicted molar refractivity (Wildman–Crippen MR) is 123 cm³/mol. The number of aromatic carboxylic acids is 1. The van der Waals surface area contributed by atoms with Crippen molar-refractivity contribution in [1.82, 2.24) is 20.9 Å². The summed E-state index contributed by atoms with van der Waals surface area (Å²) in [5.74, 6) is -1.08. The van der Waals surface area contributed by atoms with Crippen LogP contribution in [-0.4, -0.2) is 85.3 Å². The number of hydrogen-bond acceptors (Lipinski definition) is 7. The lowest BCUT2D eigenvalue weighted by Gasteiger charge is -2.33. The fourth-order valence-electron chi connectivity index (χ4n) is 4.28. The molecular weight excluding hydrogens is 411 g/mol. The largest absolute Gasteiger partial charge is 0.547 e. The molecule has 0 saturated carbocycles. The molecule has 1 fully saturated rings. The highest BCUT2D eigenvalue weighted by molar-refractivity contribution is 6.47. The molecule has 1 atom stereocenters. The maximum Gasteiger partial charge on any atom is 0.547 e. The quantitative estimate of drug-likeness (QED) is 0.254. The van der Waals surface area contributed by atoms with Crippen molar-refractivity contribution in [3.8, 4) is 5.75 Å². The number of carboxylic acids is 1. The van der Waals surface area contributed by atoms with Crippen molar-refractivity contribution < 1.29 is 24.4 Å². The molecule has 176 valence electrons. The van der Waals surface area contributed by atoms with Crippen LogP contribution in [-0.2, 0) is 11.2 Å². The van der Waals surface area contributed by atoms with Crippen molar-refractivity contribution in [3.63, 3.8) is 0 Å². The number of carboxylic acid groups (broad SMARTS) is 1. The summed E-state index contributed by atoms with van der Waals surface area (Å²) in [7, 11) is -1.28. The Morgan fingerprint density at radius 1 is 1.25 bits per heavy atom. The minimum atomic E-state index is -1.28. The Kier molecular flexibility index (Phi) is 8.92. The second-order valence-corrected chi connectivity index (χ2v) is 9.02. The van der Waals surface area contributed by atoms with E-state index in [0.29, 0.717) is 23.9 Å². The molecule has 10 heteroatoms. The van der Waals surface area contributed by atoms with Gasteiger partial charge in [0.1, 0.15) is 5.75 Å². The fraction of sp³-hybridized carbons (Fsp3) is 0.636. The highest BCUT2D eigenvalue weighted by Crippen LogP contribution is 2.30. The lowest BCUT2D eigenvalue weighted by molar-refractivity contribution is -0.123. The lowest BCUT2D eigenvalue weighted by Crippen LogP contribution is -2.55. The summed E-state index contributed by atoms with van der Waals surface area (Å²) in [5, 5.41) is 29.3. The summed E-state index contributed by atoms with van der Waals surface area (Å²) in [5.41, 5.74) is 0.678. The van der Waals surface area contributed by atoms with Crippen LogP contribution in [0.5, 0.6) is 5.75 Å². The number of para-hydroxylation sites is 1. The van der Waals surface area contributed by atoms with Gasteiger partial charge in [-0.2, -0.15) is 0 Å². The second-order valence-electron chi connectivity index (χ2n) is 9.02. The molecule has 1 aromatic carbocycles. The third kappa shape index (κ3) is 6.93. The molecule has 2 aliphatic heterocycles. The number of rotatable bonds is 10. The molecule has 1 amide bonds. The summed E-state index contributed by atoms with van der Waals surface area (Å²) < 4.78 is 5.44. The van der Waals surface area contributed by atoms with Crippen molar-refractivity contribution in [2.75, 3.05) is 39.3 Å². The van der Waals surface area contributed by atoms with Gasteiger partial charge < -0.3 is 30.7 Å². The van der Waals surface area contributed by atoms with Crippen LogP contribution in [0.3, 0.4) is 0 Å². The minimum Gasteiger partial charge on any atom is -0.534 e. The topological polar surface area (TPSA) is 123 Å². The fourth-order valence-corrected chi connectivity index (χ4v) is 4.28. The summed E-state index contributed by atoms with van der Waals surface area (Å²) in [4.78, 5) is 26.0. The molecule has 2 heterocycles. The Bertz CT molecular complexity index is 786. The number of nitrogens with one attached hydrogen (secondary N) is 3. The number of fused-ring (bicyclic) bond motifs is 1. The number of benzene rings is 1. The average molecular weight is 446 g/mol. The number of carbonyl (C=O) groups is 2. The molecule has 2 aliphatic rings. The van der Waals surface area contributed by atoms with Crippen molar-refractivity contribution in [2.24, 2.45) is 5.92 Å². The van der Waals surface area contributed by atoms with Gasteiger partial charge in [-0.15, -0.1) is 0 Å². The van der Waals surface area contributed by atoms with E-state index in [2.05, 4.69) is 34.7 Å². The first kappa shape index (κ1) is 24.5. The van der Waals surface area contributed by atoms with Crippen LogP contribution in [0.25, 0.3) is 0 Å². The molecule has 9 nitrogen and oxygen atoms in total. The molecule has 0 aliphatic carbocycles. The summed E-state index contributed by atoms with van der Waals surface area (Å²) >= 11 is 0. The van der Waals surface area contributed by atoms with E-state index in [0.717, 1.165) is 45.6 Å². The van der Waals surface area contributed by atoms with Crippen LogP contribution >= 0.6 is 0 Å². The average Bonchev–Trinajstić information content (AvgIpc) is 2.74. The zero-order chi connectivity index (χ0) is 23.1. The van der Waals surface area contributed by atoms with Crippen molar-refractivity contribution in [1.29, 1.82) is 0 Å². The highest BCUT2D eigenvalue weighted by Gasteiger charge is 2.38. The number of piperidine rings is 1. The second kappa shape index (κ2) is 11.6. The van der Waals surface area contributed by atoms with Crippen LogP contribution in [0, 0.1) is 5.92 Å². The Labute approximate surface area is 190 Å². The van der Waals surface area contributed by atoms with E-state index in [1.54, 1.807) is 12.1 Å². The van der Waals surface area contributed by atoms with Gasteiger partial charge in [-0.1, -0.05) is 26.0 Å². The van der Waals surface area contributed by atoms with Crippen LogP contribution < -0.4 is 20.6 Å². The van der Waals surface area contributed by atoms with Crippen molar-refractivity contribution in [3.05, 3.63) is 29.3 Å². The maximum atomic E-state index is 12.6. The van der Waals surface area contributed by atoms with Gasteiger partial charge >= 0.3 is 13.1 Å². The molecule has 1 unspecified atom stereocenters. The van der Waals surface area contributed by atoms with E-state index in [-0.39, 0.29) is 23.8 Å². The van der Waals surface area contributed by atoms with Gasteiger partial charge in [0.2, 0.25) is 5.91 Å². The lowest BCUT2D eigenvalue weighted by atomic mass is 9.72. The van der Waals surface area contributed by atoms with Crippen LogP contribution in [0.4, 0.5) is 0 Å². The van der Waals surface area contributed by atoms with Gasteiger partial charge in [0.15, 0.2) is 0 Å². The van der Waals surface area contributed by atoms with E-state index in [9.17, 15) is 19.7 Å². The first-order valence-electron chi connectivity index (χ1n) is 11.5. The van der Waals surface area contributed by atoms with E-state index in [4.69, 9.17) is 4.65 Å². The molecule has 0 spiro atoms. The SMILES string of the molecule is CC(C)NCCNCC1CCN(CC(=O)NC2Cc3cccc(C(=O)O)c3OB2O)CC1. The third-order valence-corrected chi connectivity index (χ3v) is 6.06. The molecule has 5 N–H and O–H groups in total. The number of nitrogens with zero attached hydrogens (tertiary/aromatic N) is 1. The Morgan fingerprint density at radius 3 is 2.69 bits per heavy atom. The molecule has 1 aromatic rings. The van der Waals surface area contributed by atoms with Crippen molar-refractivity contribution in [2.45, 2.75) is 45.1 Å². The van der Waals surface area contributed by atoms with E-state index >= 15 is 0 Å². The summed E-state index contributed by atoms with van der Waals surface area (Å²) in [6, 6.07) is 5.34. The number of carbonyl (C=O) groups excluding carboxylic acids is 1. The third-order valence-electron chi connectivity index (χ3n) is 6.06. The van der Waals surface area contributed by atoms with Gasteiger partial charge in [0.25, 0.3) is 0 Å². The Balaban J connectivity index is 1.39. The molecule has 0 bridgehead atoms. The number of hydrogen-bond donors (Lipinski definition) is 5. The van der Waals surface area contributed by atoms with Gasteiger partial charge in [-0.3, -0.25) is 9.69 Å². The summed E-state index contributed by atoms with van der Waals surface area (Å²) in [6.07, 6.45) is 2.43. The standard InChI is InChI=1S/C22H35BN4O5/c1-15(2)25-9-8-24-13-16-6-10-27(11-7-16)14-20(28)26-19-12-17-4-3-5-18(22(29)30)21(17)32-23(19)31/h3-5,15-16,19,24-25,31H,6-14H2,1-2H3,(H,26,28)(H,29,30). The Morgan fingerprint density at radius 2 is 2.00 bits per heavy atom. The Hall–Kier alpha value is -2.14. The van der Waals surface area contributed by atoms with Gasteiger partial charge in [0.05, 0.1) is 18.0 Å². The summed E-state index contributed by atoms with van der Waals surface area (Å²) in [6.45, 7) is 9.24. The van der Waals surface area contributed by atoms with E-state index in [1.807, 2.05) is 0 Å². The molecule has 3 rings (SSSR count). The molecular formula is C22H35BN4O5. The zero-order valence-corrected chi connectivity index (χ0v) is 19.0. The molecule has 32 heavy (non-hydrogen) atoms. The molecule has 1 saturated heterocycles. The van der Waals surface area contributed by atoms with Crippen LogP contribution in [0.2, 0.25) is 0 Å². The van der Waals surface area contributed by atoms with Gasteiger partial charge in [-0.05, 0) is 56.4 Å². The van der Waals surface area contributed by atoms with Gasteiger partial charge in [-0.25, -0.2) is 4.79 Å². The van der Waals surface area contributed by atoms with Crippen LogP contribution in [0.15, 0.2) is 18.2 Å². The van der Waals surface area contributed by atoms with Gasteiger partial charge in [0, 0.05) is 19.1 Å². The first-order valence-corrected chi connectivity index (χ1v) is 11.5. The van der Waals surface area contributed by atoms with Crippen LogP contribution in [0.1, 0.15) is 42.6 Å². The smallest absolute Gasteiger partial charge is 0.534 e. The normalized spacial score (nSPS) is 19.5.